The van der Waals surface area contributed by atoms with Crippen molar-refractivity contribution in [2.75, 3.05) is 21.3 Å². The first-order valence-electron chi connectivity index (χ1n) is 8.50. The van der Waals surface area contributed by atoms with Gasteiger partial charge in [-0.3, -0.25) is 9.78 Å². The molecule has 3 aromatic rings. The molecule has 2 aromatic carbocycles. The number of carbonyl (C=O) groups is 1. The maximum Gasteiger partial charge on any atom is 0.253 e. The number of benzene rings is 2. The summed E-state index contributed by atoms with van der Waals surface area (Å²) < 4.78 is 15.9. The number of carbonyl (C=O) groups excluding carboxylic acids is 1. The Morgan fingerprint density at radius 1 is 1.04 bits per heavy atom. The van der Waals surface area contributed by atoms with E-state index in [1.165, 1.54) is 0 Å². The number of amides is 1. The minimum absolute atomic E-state index is 0.192. The second kappa shape index (κ2) is 7.95. The van der Waals surface area contributed by atoms with E-state index < -0.39 is 0 Å². The van der Waals surface area contributed by atoms with Gasteiger partial charge in [-0.25, -0.2) is 0 Å². The highest BCUT2D eigenvalue weighted by Crippen LogP contribution is 2.30. The van der Waals surface area contributed by atoms with Crippen LogP contribution in [-0.2, 0) is 6.54 Å². The maximum atomic E-state index is 12.7. The van der Waals surface area contributed by atoms with Crippen LogP contribution in [0.15, 0.2) is 42.5 Å². The highest BCUT2D eigenvalue weighted by Gasteiger charge is 2.14. The Kier molecular flexibility index (Phi) is 5.45. The van der Waals surface area contributed by atoms with Crippen LogP contribution in [0.25, 0.3) is 10.9 Å². The van der Waals surface area contributed by atoms with Gasteiger partial charge in [0.05, 0.1) is 38.1 Å². The predicted molar refractivity (Wildman–Crippen MR) is 104 cm³/mol. The third-order valence-electron chi connectivity index (χ3n) is 4.38. The molecule has 1 aromatic heterocycles. The zero-order valence-electron chi connectivity index (χ0n) is 15.8. The standard InChI is InChI=1S/C21H22N2O4/c1-13-17(10-14-8-9-16(25-2)11-18(14)23-13)21(24)22-12-15-6-5-7-19(26-3)20(15)27-4/h5-11H,12H2,1-4H3,(H,22,24). The van der Waals surface area contributed by atoms with Crippen LogP contribution in [0.5, 0.6) is 17.2 Å². The van der Waals surface area contributed by atoms with Gasteiger partial charge >= 0.3 is 0 Å². The van der Waals surface area contributed by atoms with E-state index in [4.69, 9.17) is 14.2 Å². The van der Waals surface area contributed by atoms with Gasteiger partial charge < -0.3 is 19.5 Å². The van der Waals surface area contributed by atoms with Crippen molar-refractivity contribution in [2.24, 2.45) is 0 Å². The third-order valence-corrected chi connectivity index (χ3v) is 4.38. The van der Waals surface area contributed by atoms with Gasteiger partial charge in [-0.15, -0.1) is 0 Å². The Labute approximate surface area is 158 Å². The molecule has 1 heterocycles. The van der Waals surface area contributed by atoms with E-state index in [9.17, 15) is 4.79 Å². The minimum Gasteiger partial charge on any atom is -0.497 e. The molecule has 1 amide bonds. The van der Waals surface area contributed by atoms with E-state index in [1.54, 1.807) is 21.3 Å². The van der Waals surface area contributed by atoms with E-state index in [0.29, 0.717) is 29.3 Å². The molecular weight excluding hydrogens is 344 g/mol. The fourth-order valence-electron chi connectivity index (χ4n) is 2.96. The smallest absolute Gasteiger partial charge is 0.253 e. The maximum absolute atomic E-state index is 12.7. The molecule has 0 aliphatic carbocycles. The largest absolute Gasteiger partial charge is 0.497 e. The van der Waals surface area contributed by atoms with Crippen molar-refractivity contribution in [1.29, 1.82) is 0 Å². The molecule has 0 saturated heterocycles. The second-order valence-electron chi connectivity index (χ2n) is 6.02. The lowest BCUT2D eigenvalue weighted by Gasteiger charge is -2.14. The van der Waals surface area contributed by atoms with Crippen LogP contribution in [0.1, 0.15) is 21.6 Å². The number of pyridine rings is 1. The second-order valence-corrected chi connectivity index (χ2v) is 6.02. The Hall–Kier alpha value is -3.28. The first-order valence-corrected chi connectivity index (χ1v) is 8.50. The number of aromatic nitrogens is 1. The zero-order chi connectivity index (χ0) is 19.4. The number of hydrogen-bond donors (Lipinski definition) is 1. The van der Waals surface area contributed by atoms with Crippen LogP contribution < -0.4 is 19.5 Å². The molecule has 140 valence electrons. The van der Waals surface area contributed by atoms with Crippen LogP contribution in [0, 0.1) is 6.92 Å². The number of ether oxygens (including phenoxy) is 3. The molecule has 0 unspecified atom stereocenters. The van der Waals surface area contributed by atoms with Crippen molar-refractivity contribution in [3.05, 3.63) is 59.3 Å². The summed E-state index contributed by atoms with van der Waals surface area (Å²) in [6.45, 7) is 2.14. The summed E-state index contributed by atoms with van der Waals surface area (Å²) in [6.07, 6.45) is 0. The summed E-state index contributed by atoms with van der Waals surface area (Å²) in [5.41, 5.74) is 2.82. The topological polar surface area (TPSA) is 69.7 Å². The normalized spacial score (nSPS) is 10.5. The number of nitrogens with zero attached hydrogens (tertiary/aromatic N) is 1. The van der Waals surface area contributed by atoms with Gasteiger partial charge in [-0.05, 0) is 31.2 Å². The van der Waals surface area contributed by atoms with Crippen molar-refractivity contribution in [2.45, 2.75) is 13.5 Å². The molecule has 0 fully saturated rings. The molecule has 0 saturated carbocycles. The van der Waals surface area contributed by atoms with Gasteiger partial charge in [-0.2, -0.15) is 0 Å². The predicted octanol–water partition coefficient (Wildman–Crippen LogP) is 3.50. The molecule has 0 atom stereocenters. The first-order chi connectivity index (χ1) is 13.1. The SMILES string of the molecule is COc1ccc2cc(C(=O)NCc3cccc(OC)c3OC)c(C)nc2c1. The summed E-state index contributed by atoms with van der Waals surface area (Å²) in [4.78, 5) is 17.2. The highest BCUT2D eigenvalue weighted by atomic mass is 16.5. The molecule has 0 spiro atoms. The molecule has 3 rings (SSSR count). The molecule has 27 heavy (non-hydrogen) atoms. The van der Waals surface area contributed by atoms with E-state index in [2.05, 4.69) is 10.3 Å². The molecule has 6 nitrogen and oxygen atoms in total. The minimum atomic E-state index is -0.192. The van der Waals surface area contributed by atoms with Crippen molar-refractivity contribution in [1.82, 2.24) is 10.3 Å². The molecule has 0 bridgehead atoms. The summed E-state index contributed by atoms with van der Waals surface area (Å²) in [7, 11) is 4.77. The van der Waals surface area contributed by atoms with Gasteiger partial charge in [0.2, 0.25) is 0 Å². The number of methoxy groups -OCH3 is 3. The van der Waals surface area contributed by atoms with Crippen LogP contribution in [-0.4, -0.2) is 32.2 Å². The molecule has 1 N–H and O–H groups in total. The lowest BCUT2D eigenvalue weighted by Crippen LogP contribution is -2.24. The Balaban J connectivity index is 1.83. The quantitative estimate of drug-likeness (QED) is 0.723. The van der Waals surface area contributed by atoms with Crippen LogP contribution >= 0.6 is 0 Å². The summed E-state index contributed by atoms with van der Waals surface area (Å²) in [6, 6.07) is 13.0. The van der Waals surface area contributed by atoms with Crippen molar-refractivity contribution >= 4 is 16.8 Å². The lowest BCUT2D eigenvalue weighted by atomic mass is 10.1. The van der Waals surface area contributed by atoms with E-state index in [0.717, 1.165) is 22.2 Å². The van der Waals surface area contributed by atoms with Crippen molar-refractivity contribution < 1.29 is 19.0 Å². The summed E-state index contributed by atoms with van der Waals surface area (Å²) in [5.74, 6) is 1.78. The van der Waals surface area contributed by atoms with Gasteiger partial charge in [0.15, 0.2) is 11.5 Å². The molecule has 0 radical (unpaired) electrons. The monoisotopic (exact) mass is 366 g/mol. The molecular formula is C21H22N2O4. The van der Waals surface area contributed by atoms with Crippen molar-refractivity contribution in [3.63, 3.8) is 0 Å². The number of hydrogen-bond acceptors (Lipinski definition) is 5. The molecule has 6 heteroatoms. The number of aryl methyl sites for hydroxylation is 1. The fraction of sp³-hybridized carbons (Fsp3) is 0.238. The third kappa shape index (κ3) is 3.79. The molecule has 0 aliphatic heterocycles. The van der Waals surface area contributed by atoms with Crippen LogP contribution in [0.2, 0.25) is 0 Å². The number of nitrogens with one attached hydrogen (secondary N) is 1. The van der Waals surface area contributed by atoms with E-state index in [1.807, 2.05) is 49.4 Å². The van der Waals surface area contributed by atoms with Gasteiger partial charge in [0, 0.05) is 23.6 Å². The number of fused-ring (bicyclic) bond motifs is 1. The summed E-state index contributed by atoms with van der Waals surface area (Å²) in [5, 5.41) is 3.81. The van der Waals surface area contributed by atoms with Gasteiger partial charge in [-0.1, -0.05) is 12.1 Å². The number of rotatable bonds is 6. The van der Waals surface area contributed by atoms with Gasteiger partial charge in [0.1, 0.15) is 5.75 Å². The highest BCUT2D eigenvalue weighted by molar-refractivity contribution is 5.98. The van der Waals surface area contributed by atoms with Crippen molar-refractivity contribution in [3.8, 4) is 17.2 Å². The Bertz CT molecular complexity index is 985. The molecule has 0 aliphatic rings. The first kappa shape index (κ1) is 18.5. The number of para-hydroxylation sites is 1. The van der Waals surface area contributed by atoms with Crippen LogP contribution in [0.3, 0.4) is 0 Å². The summed E-state index contributed by atoms with van der Waals surface area (Å²) >= 11 is 0. The lowest BCUT2D eigenvalue weighted by molar-refractivity contribution is 0.0949. The Morgan fingerprint density at radius 3 is 2.56 bits per heavy atom. The van der Waals surface area contributed by atoms with Gasteiger partial charge in [0.25, 0.3) is 5.91 Å². The zero-order valence-corrected chi connectivity index (χ0v) is 15.8. The fourth-order valence-corrected chi connectivity index (χ4v) is 2.96. The average molecular weight is 366 g/mol. The van der Waals surface area contributed by atoms with E-state index in [-0.39, 0.29) is 5.91 Å². The Morgan fingerprint density at radius 2 is 1.85 bits per heavy atom. The van der Waals surface area contributed by atoms with E-state index >= 15 is 0 Å². The van der Waals surface area contributed by atoms with Crippen LogP contribution in [0.4, 0.5) is 0 Å². The average Bonchev–Trinajstić information content (AvgIpc) is 2.70.